The molecule has 42 heavy (non-hydrogen) atoms. The molecular formula is C31H40FN3O7. The Kier molecular flexibility index (Phi) is 9.01. The molecule has 0 bridgehead atoms. The van der Waals surface area contributed by atoms with E-state index in [0.29, 0.717) is 42.8 Å². The molecule has 2 aliphatic rings. The number of nitrogens with zero attached hydrogens (tertiary/aromatic N) is 2. The van der Waals surface area contributed by atoms with Gasteiger partial charge in [-0.1, -0.05) is 27.7 Å². The van der Waals surface area contributed by atoms with Crippen molar-refractivity contribution in [2.75, 3.05) is 45.9 Å². The first-order valence-electron chi connectivity index (χ1n) is 14.0. The third-order valence-electron chi connectivity index (χ3n) is 7.83. The van der Waals surface area contributed by atoms with Gasteiger partial charge in [0.1, 0.15) is 11.6 Å². The van der Waals surface area contributed by atoms with E-state index in [0.717, 1.165) is 11.3 Å². The number of amidine groups is 1. The van der Waals surface area contributed by atoms with Crippen LogP contribution in [-0.4, -0.2) is 80.8 Å². The number of halogens is 1. The van der Waals surface area contributed by atoms with E-state index in [4.69, 9.17) is 24.4 Å². The number of carboxylic acid groups (broad SMARTS) is 1. The smallest absolute Gasteiger partial charge is 0.332 e. The maximum absolute atomic E-state index is 15.3. The number of aliphatic carboxylic acids is 1. The molecular weight excluding hydrogens is 545 g/mol. The molecule has 228 valence electrons. The van der Waals surface area contributed by atoms with Crippen LogP contribution in [0.2, 0.25) is 0 Å². The third-order valence-corrected chi connectivity index (χ3v) is 7.83. The van der Waals surface area contributed by atoms with Crippen molar-refractivity contribution >= 4 is 23.3 Å². The van der Waals surface area contributed by atoms with Crippen LogP contribution >= 0.6 is 0 Å². The zero-order chi connectivity index (χ0) is 30.9. The van der Waals surface area contributed by atoms with Crippen LogP contribution in [0.3, 0.4) is 0 Å². The number of ketones is 1. The maximum Gasteiger partial charge on any atom is 0.332 e. The monoisotopic (exact) mass is 585 g/mol. The molecule has 0 saturated carbocycles. The quantitative estimate of drug-likeness (QED) is 0.364. The molecule has 0 aromatic heterocycles. The molecule has 2 atom stereocenters. The largest absolute Gasteiger partial charge is 0.494 e. The van der Waals surface area contributed by atoms with E-state index < -0.39 is 17.9 Å². The second-order valence-corrected chi connectivity index (χ2v) is 11.6. The number of carbonyl (C=O) groups is 2. The molecule has 2 aromatic carbocycles. The Bertz CT molecular complexity index is 1390. The lowest BCUT2D eigenvalue weighted by Crippen LogP contribution is -2.32. The Morgan fingerprint density at radius 3 is 2.38 bits per heavy atom. The molecule has 0 spiro atoms. The van der Waals surface area contributed by atoms with Gasteiger partial charge in [-0.25, -0.2) is 9.18 Å². The number of benzene rings is 2. The minimum Gasteiger partial charge on any atom is -0.494 e. The van der Waals surface area contributed by atoms with E-state index >= 15 is 4.39 Å². The van der Waals surface area contributed by atoms with Gasteiger partial charge < -0.3 is 33.9 Å². The highest BCUT2D eigenvalue weighted by Gasteiger charge is 2.35. The van der Waals surface area contributed by atoms with Crippen LogP contribution in [-0.2, 0) is 21.5 Å². The van der Waals surface area contributed by atoms with E-state index in [1.165, 1.54) is 19.1 Å². The lowest BCUT2D eigenvalue weighted by atomic mass is 9.84. The highest BCUT2D eigenvalue weighted by Crippen LogP contribution is 2.42. The fourth-order valence-electron chi connectivity index (χ4n) is 5.62. The number of rotatable bonds is 11. The minimum atomic E-state index is -0.984. The number of ether oxygens (including phenoxy) is 4. The Morgan fingerprint density at radius 1 is 1.12 bits per heavy atom. The number of carboxylic acids is 1. The fraction of sp³-hybridized carbons (Fsp3) is 0.516. The van der Waals surface area contributed by atoms with E-state index in [-0.39, 0.29) is 53.3 Å². The first kappa shape index (κ1) is 31.1. The average molecular weight is 586 g/mol. The van der Waals surface area contributed by atoms with Crippen molar-refractivity contribution in [3.63, 3.8) is 0 Å². The van der Waals surface area contributed by atoms with Crippen LogP contribution in [0.1, 0.15) is 67.6 Å². The number of nitrogens with one attached hydrogen (secondary N) is 1. The van der Waals surface area contributed by atoms with Crippen molar-refractivity contribution in [1.82, 2.24) is 4.90 Å². The van der Waals surface area contributed by atoms with Gasteiger partial charge in [-0.05, 0) is 42.0 Å². The van der Waals surface area contributed by atoms with Gasteiger partial charge in [0.15, 0.2) is 29.2 Å². The van der Waals surface area contributed by atoms with Crippen LogP contribution in [0.4, 0.5) is 10.1 Å². The van der Waals surface area contributed by atoms with E-state index in [1.807, 2.05) is 26.8 Å². The molecule has 0 aliphatic carbocycles. The molecule has 10 nitrogen and oxygen atoms in total. The zero-order valence-corrected chi connectivity index (χ0v) is 25.3. The van der Waals surface area contributed by atoms with Crippen LogP contribution in [0.5, 0.6) is 17.2 Å². The normalized spacial score (nSPS) is 17.3. The molecule has 2 unspecified atom stereocenters. The van der Waals surface area contributed by atoms with Gasteiger partial charge in [-0.2, -0.15) is 0 Å². The summed E-state index contributed by atoms with van der Waals surface area (Å²) in [6.45, 7) is 8.99. The second kappa shape index (κ2) is 12.2. The molecule has 2 aliphatic heterocycles. The molecule has 1 saturated heterocycles. The van der Waals surface area contributed by atoms with Gasteiger partial charge in [-0.3, -0.25) is 10.2 Å². The van der Waals surface area contributed by atoms with Crippen LogP contribution in [0.25, 0.3) is 0 Å². The highest BCUT2D eigenvalue weighted by atomic mass is 19.1. The van der Waals surface area contributed by atoms with E-state index in [1.54, 1.807) is 26.2 Å². The third kappa shape index (κ3) is 5.88. The van der Waals surface area contributed by atoms with Gasteiger partial charge in [0.25, 0.3) is 0 Å². The maximum atomic E-state index is 15.3. The summed E-state index contributed by atoms with van der Waals surface area (Å²) in [6.07, 6.45) is -0.149. The Balaban J connectivity index is 1.64. The van der Waals surface area contributed by atoms with Crippen molar-refractivity contribution < 1.29 is 38.0 Å². The minimum absolute atomic E-state index is 0.0784. The first-order chi connectivity index (χ1) is 19.8. The summed E-state index contributed by atoms with van der Waals surface area (Å²) >= 11 is 0. The Morgan fingerprint density at radius 2 is 1.81 bits per heavy atom. The molecule has 2 heterocycles. The Hall–Kier alpha value is -3.86. The lowest BCUT2D eigenvalue weighted by Gasteiger charge is -2.29. The van der Waals surface area contributed by atoms with Gasteiger partial charge in [-0.15, -0.1) is 0 Å². The lowest BCUT2D eigenvalue weighted by molar-refractivity contribution is -0.153. The summed E-state index contributed by atoms with van der Waals surface area (Å²) in [5.41, 5.74) is 2.28. The molecule has 0 radical (unpaired) electrons. The van der Waals surface area contributed by atoms with Crippen molar-refractivity contribution in [1.29, 1.82) is 5.41 Å². The van der Waals surface area contributed by atoms with Crippen LogP contribution < -0.4 is 19.1 Å². The summed E-state index contributed by atoms with van der Waals surface area (Å²) in [5.74, 6) is -1.20. The highest BCUT2D eigenvalue weighted by molar-refractivity contribution is 6.06. The van der Waals surface area contributed by atoms with Crippen molar-refractivity contribution in [2.24, 2.45) is 0 Å². The summed E-state index contributed by atoms with van der Waals surface area (Å²) < 4.78 is 37.4. The second-order valence-electron chi connectivity index (χ2n) is 11.6. The van der Waals surface area contributed by atoms with Gasteiger partial charge in [0, 0.05) is 30.8 Å². The summed E-state index contributed by atoms with van der Waals surface area (Å²) in [4.78, 5) is 28.9. The molecule has 0 amide bonds. The number of fused-ring (bicyclic) bond motifs is 1. The van der Waals surface area contributed by atoms with E-state index in [2.05, 4.69) is 4.90 Å². The SMILES string of the molecule is CCC(OC1CCN(c2cc(C(=O)CN3Cc4cc(OC)c(OC)c(F)c4C3=N)cc(C(C)(C)C)c2OC)C1)C(=O)O. The summed E-state index contributed by atoms with van der Waals surface area (Å²) in [7, 11) is 4.35. The van der Waals surface area contributed by atoms with E-state index in [9.17, 15) is 14.7 Å². The van der Waals surface area contributed by atoms with Crippen molar-refractivity contribution in [3.05, 3.63) is 46.3 Å². The molecule has 1 fully saturated rings. The molecule has 4 rings (SSSR count). The first-order valence-corrected chi connectivity index (χ1v) is 14.0. The van der Waals surface area contributed by atoms with Gasteiger partial charge >= 0.3 is 5.97 Å². The predicted molar refractivity (Wildman–Crippen MR) is 156 cm³/mol. The number of hydrogen-bond acceptors (Lipinski definition) is 8. The number of carbonyl (C=O) groups excluding carboxylic acids is 1. The predicted octanol–water partition coefficient (Wildman–Crippen LogP) is 4.63. The van der Waals surface area contributed by atoms with Crippen LogP contribution in [0.15, 0.2) is 18.2 Å². The Labute approximate surface area is 245 Å². The van der Waals surface area contributed by atoms with Gasteiger partial charge in [0.05, 0.1) is 45.2 Å². The van der Waals surface area contributed by atoms with Crippen molar-refractivity contribution in [3.8, 4) is 17.2 Å². The zero-order valence-electron chi connectivity index (χ0n) is 25.3. The van der Waals surface area contributed by atoms with Crippen LogP contribution in [0, 0.1) is 11.2 Å². The number of Topliss-reactive ketones (excluding diaryl/α,β-unsaturated/α-hetero) is 1. The number of methoxy groups -OCH3 is 3. The molecule has 2 aromatic rings. The summed E-state index contributed by atoms with van der Waals surface area (Å²) in [5, 5.41) is 18.1. The molecule has 2 N–H and O–H groups in total. The fourth-order valence-corrected chi connectivity index (χ4v) is 5.62. The molecule has 11 heteroatoms. The number of hydrogen-bond donors (Lipinski definition) is 2. The summed E-state index contributed by atoms with van der Waals surface area (Å²) in [6, 6.07) is 5.25. The topological polar surface area (TPSA) is 122 Å². The van der Waals surface area contributed by atoms with Gasteiger partial charge in [0.2, 0.25) is 0 Å². The van der Waals surface area contributed by atoms with Crippen molar-refractivity contribution in [2.45, 2.75) is 64.7 Å². The standard InChI is InChI=1S/C31H40FN3O7/c1-8-23(30(37)38)42-19-9-10-34(15-19)21-12-17(11-20(27(21)40-6)31(2,3)4)22(36)16-35-14-18-13-24(39-5)28(41-7)26(32)25(18)29(35)33/h11-13,19,23,33H,8-10,14-16H2,1-7H3,(H,37,38). The number of anilines is 1. The average Bonchev–Trinajstić information content (AvgIpc) is 3.54.